The van der Waals surface area contributed by atoms with E-state index < -0.39 is 5.60 Å². The molecule has 10 heteroatoms. The van der Waals surface area contributed by atoms with Crippen LogP contribution in [-0.2, 0) is 31.6 Å². The van der Waals surface area contributed by atoms with Crippen molar-refractivity contribution in [3.8, 4) is 23.0 Å². The highest BCUT2D eigenvalue weighted by molar-refractivity contribution is 6.01. The van der Waals surface area contributed by atoms with Gasteiger partial charge in [0.25, 0.3) is 0 Å². The molecule has 4 aromatic carbocycles. The molecule has 0 bridgehead atoms. The van der Waals surface area contributed by atoms with Crippen LogP contribution in [0.2, 0.25) is 0 Å². The number of aryl methyl sites for hydroxylation is 1. The van der Waals surface area contributed by atoms with Crippen molar-refractivity contribution in [1.82, 2.24) is 19.7 Å². The number of hydrogen-bond acceptors (Lipinski definition) is 8. The summed E-state index contributed by atoms with van der Waals surface area (Å²) in [5.74, 6) is 1.23. The van der Waals surface area contributed by atoms with Gasteiger partial charge in [-0.25, -0.2) is 4.79 Å². The second kappa shape index (κ2) is 17.1. The summed E-state index contributed by atoms with van der Waals surface area (Å²) in [5, 5.41) is 18.1. The van der Waals surface area contributed by atoms with Gasteiger partial charge in [-0.2, -0.15) is 10.1 Å². The number of likely N-dealkylation sites (tertiary alicyclic amines) is 1. The van der Waals surface area contributed by atoms with Crippen LogP contribution in [0.5, 0.6) is 11.8 Å². The molecule has 2 aliphatic rings. The van der Waals surface area contributed by atoms with Gasteiger partial charge < -0.3 is 29.1 Å². The fourth-order valence-electron chi connectivity index (χ4n) is 8.52. The van der Waals surface area contributed by atoms with E-state index in [1.165, 1.54) is 0 Å². The van der Waals surface area contributed by atoms with Gasteiger partial charge in [0.15, 0.2) is 0 Å². The summed E-state index contributed by atoms with van der Waals surface area (Å²) in [6.45, 7) is 5.88. The molecule has 2 aliphatic heterocycles. The predicted octanol–water partition coefficient (Wildman–Crippen LogP) is 8.81. The van der Waals surface area contributed by atoms with E-state index in [1.54, 1.807) is 4.90 Å². The number of aliphatic hydroxyl groups is 1. The third kappa shape index (κ3) is 8.61. The summed E-state index contributed by atoms with van der Waals surface area (Å²) in [6.07, 6.45) is 2.99. The molecule has 1 amide bonds. The van der Waals surface area contributed by atoms with E-state index in [2.05, 4.69) is 23.1 Å². The van der Waals surface area contributed by atoms with Gasteiger partial charge in [-0.15, -0.1) is 0 Å². The number of carbonyl (C=O) groups excluding carboxylic acids is 1. The largest absolute Gasteiger partial charge is 0.473 e. The Labute approximate surface area is 334 Å². The molecule has 1 atom stereocenters. The van der Waals surface area contributed by atoms with E-state index >= 15 is 0 Å². The standard InChI is InChI=1S/C47H51N5O5/c1-47(54,38-25-29-52(30-26-38)46(53)57-33-36-17-10-5-11-18-36)37-23-27-51(28-24-37)41-20-12-19-39-43(49-50(2)44(39)41)40-21-22-42(55-31-34-13-6-3-7-14-34)48-45(40)56-32-35-15-8-4-9-16-35/h3-22,37-38,54H,23-33H2,1-2H3/t47-/m1/s1. The lowest BCUT2D eigenvalue weighted by Crippen LogP contribution is -2.51. The van der Waals surface area contributed by atoms with Crippen molar-refractivity contribution >= 4 is 22.7 Å². The van der Waals surface area contributed by atoms with Crippen molar-refractivity contribution in [2.75, 3.05) is 31.1 Å². The molecule has 0 spiro atoms. The highest BCUT2D eigenvalue weighted by atomic mass is 16.6. The Kier molecular flexibility index (Phi) is 11.4. The van der Waals surface area contributed by atoms with Gasteiger partial charge in [-0.05, 0) is 73.3 Å². The molecule has 0 radical (unpaired) electrons. The smallest absolute Gasteiger partial charge is 0.410 e. The molecule has 0 aliphatic carbocycles. The number of para-hydroxylation sites is 1. The molecular weight excluding hydrogens is 715 g/mol. The van der Waals surface area contributed by atoms with Crippen LogP contribution in [0, 0.1) is 11.8 Å². The fourth-order valence-corrected chi connectivity index (χ4v) is 8.52. The molecule has 57 heavy (non-hydrogen) atoms. The summed E-state index contributed by atoms with van der Waals surface area (Å²) < 4.78 is 20.1. The monoisotopic (exact) mass is 765 g/mol. The van der Waals surface area contributed by atoms with Crippen LogP contribution in [0.1, 0.15) is 49.3 Å². The van der Waals surface area contributed by atoms with E-state index in [0.717, 1.165) is 83.3 Å². The van der Waals surface area contributed by atoms with Gasteiger partial charge >= 0.3 is 6.09 Å². The SMILES string of the molecule is Cn1nc(-c2ccc(OCc3ccccc3)nc2OCc2ccccc2)c2cccc(N3CCC([C@@](C)(O)C4CCN(C(=O)OCc5ccccc5)CC4)CC3)c21. The zero-order valence-corrected chi connectivity index (χ0v) is 32.8. The molecule has 0 unspecified atom stereocenters. The first-order valence-electron chi connectivity index (χ1n) is 20.1. The lowest BCUT2D eigenvalue weighted by atomic mass is 9.70. The third-order valence-corrected chi connectivity index (χ3v) is 11.8. The van der Waals surface area contributed by atoms with Gasteiger partial charge in [-0.1, -0.05) is 103 Å². The van der Waals surface area contributed by atoms with Crippen molar-refractivity contribution in [3.63, 3.8) is 0 Å². The second-order valence-electron chi connectivity index (χ2n) is 15.5. The van der Waals surface area contributed by atoms with Crippen LogP contribution in [0.25, 0.3) is 22.2 Å². The number of benzene rings is 4. The minimum Gasteiger partial charge on any atom is -0.473 e. The van der Waals surface area contributed by atoms with E-state index in [4.69, 9.17) is 24.3 Å². The average Bonchev–Trinajstić information content (AvgIpc) is 3.61. The van der Waals surface area contributed by atoms with Crippen LogP contribution in [0.4, 0.5) is 10.5 Å². The highest BCUT2D eigenvalue weighted by Gasteiger charge is 2.43. The minimum absolute atomic E-state index is 0.123. The normalized spacial score (nSPS) is 16.3. The Morgan fingerprint density at radius 3 is 1.88 bits per heavy atom. The van der Waals surface area contributed by atoms with Crippen LogP contribution in [0.15, 0.2) is 121 Å². The number of amides is 1. The number of hydrogen-bond donors (Lipinski definition) is 1. The highest BCUT2D eigenvalue weighted by Crippen LogP contribution is 2.42. The maximum atomic E-state index is 12.8. The van der Waals surface area contributed by atoms with Crippen LogP contribution in [0.3, 0.4) is 0 Å². The van der Waals surface area contributed by atoms with Gasteiger partial charge in [0.05, 0.1) is 22.4 Å². The molecule has 6 aromatic rings. The predicted molar refractivity (Wildman–Crippen MR) is 222 cm³/mol. The zero-order chi connectivity index (χ0) is 39.2. The van der Waals surface area contributed by atoms with Crippen LogP contribution in [-0.4, -0.2) is 62.6 Å². The van der Waals surface area contributed by atoms with Gasteiger partial charge in [-0.3, -0.25) is 4.68 Å². The summed E-state index contributed by atoms with van der Waals surface area (Å²) in [4.78, 5) is 21.9. The Morgan fingerprint density at radius 2 is 1.26 bits per heavy atom. The van der Waals surface area contributed by atoms with Crippen molar-refractivity contribution in [3.05, 3.63) is 138 Å². The molecule has 1 N–H and O–H groups in total. The maximum absolute atomic E-state index is 12.8. The summed E-state index contributed by atoms with van der Waals surface area (Å²) in [7, 11) is 1.99. The molecule has 294 valence electrons. The van der Waals surface area contributed by atoms with E-state index in [1.807, 2.05) is 122 Å². The molecule has 4 heterocycles. The minimum atomic E-state index is -0.821. The number of ether oxygens (including phenoxy) is 3. The van der Waals surface area contributed by atoms with Crippen molar-refractivity contribution < 1.29 is 24.1 Å². The molecule has 8 rings (SSSR count). The number of piperidine rings is 2. The molecular formula is C47H51N5O5. The molecule has 2 aromatic heterocycles. The first-order chi connectivity index (χ1) is 27.8. The molecule has 2 saturated heterocycles. The number of nitrogens with zero attached hydrogens (tertiary/aromatic N) is 5. The van der Waals surface area contributed by atoms with Crippen LogP contribution < -0.4 is 14.4 Å². The van der Waals surface area contributed by atoms with Gasteiger partial charge in [0.2, 0.25) is 11.8 Å². The molecule has 0 saturated carbocycles. The zero-order valence-electron chi connectivity index (χ0n) is 32.8. The Bertz CT molecular complexity index is 2250. The van der Waals surface area contributed by atoms with Gasteiger partial charge in [0, 0.05) is 44.7 Å². The topological polar surface area (TPSA) is 102 Å². The first kappa shape index (κ1) is 38.0. The summed E-state index contributed by atoms with van der Waals surface area (Å²) in [6, 6.07) is 40.1. The number of pyridine rings is 1. The fraction of sp³-hybridized carbons (Fsp3) is 0.340. The van der Waals surface area contributed by atoms with Crippen molar-refractivity contribution in [2.45, 2.75) is 58.0 Å². The number of anilines is 1. The molecule has 2 fully saturated rings. The van der Waals surface area contributed by atoms with Crippen molar-refractivity contribution in [1.29, 1.82) is 0 Å². The number of aromatic nitrogens is 3. The van der Waals surface area contributed by atoms with E-state index in [9.17, 15) is 9.90 Å². The second-order valence-corrected chi connectivity index (χ2v) is 15.5. The lowest BCUT2D eigenvalue weighted by Gasteiger charge is -2.46. The van der Waals surface area contributed by atoms with Gasteiger partial charge in [0.1, 0.15) is 25.5 Å². The number of fused-ring (bicyclic) bond motifs is 1. The first-order valence-corrected chi connectivity index (χ1v) is 20.1. The quantitative estimate of drug-likeness (QED) is 0.132. The number of carbonyl (C=O) groups is 1. The maximum Gasteiger partial charge on any atom is 0.410 e. The number of rotatable bonds is 12. The third-order valence-electron chi connectivity index (χ3n) is 11.8. The van der Waals surface area contributed by atoms with E-state index in [-0.39, 0.29) is 24.5 Å². The lowest BCUT2D eigenvalue weighted by molar-refractivity contribution is -0.0788. The van der Waals surface area contributed by atoms with Crippen molar-refractivity contribution in [2.24, 2.45) is 18.9 Å². The van der Waals surface area contributed by atoms with Crippen LogP contribution >= 0.6 is 0 Å². The summed E-state index contributed by atoms with van der Waals surface area (Å²) in [5.41, 5.74) is 6.02. The average molecular weight is 766 g/mol. The summed E-state index contributed by atoms with van der Waals surface area (Å²) >= 11 is 0. The Balaban J connectivity index is 0.948. The Morgan fingerprint density at radius 1 is 0.702 bits per heavy atom. The Hall–Kier alpha value is -5.87. The van der Waals surface area contributed by atoms with E-state index in [0.29, 0.717) is 38.1 Å². The molecule has 10 nitrogen and oxygen atoms in total.